The van der Waals surface area contributed by atoms with Gasteiger partial charge in [-0.3, -0.25) is 14.5 Å². The monoisotopic (exact) mass is 471 g/mol. The lowest BCUT2D eigenvalue weighted by Gasteiger charge is -2.43. The van der Waals surface area contributed by atoms with E-state index in [2.05, 4.69) is 10.7 Å². The second-order valence-electron chi connectivity index (χ2n) is 9.03. The summed E-state index contributed by atoms with van der Waals surface area (Å²) in [4.78, 5) is 43.2. The first-order valence-corrected chi connectivity index (χ1v) is 11.9. The van der Waals surface area contributed by atoms with Gasteiger partial charge in [0.15, 0.2) is 0 Å². The zero-order valence-electron chi connectivity index (χ0n) is 19.8. The third-order valence-corrected chi connectivity index (χ3v) is 6.80. The van der Waals surface area contributed by atoms with Crippen LogP contribution in [0.3, 0.4) is 0 Å². The number of carbonyl (C=O) groups excluding carboxylic acids is 3. The molecule has 4 amide bonds. The molecule has 2 N–H and O–H groups in total. The number of benzene rings is 3. The van der Waals surface area contributed by atoms with Gasteiger partial charge in [-0.1, -0.05) is 73.7 Å². The standard InChI is InChI=1S/C27H29N5O3/c1-3-32-25-24(18(2)29-32)30(27(35)31(26(25)34)16-19-10-5-4-6-11-19)17-23(33)28-22-15-9-13-20-12-7-8-14-21(20)22/h4-15,18,24-25,29H,3,16-17H2,1-2H3,(H,28,33). The average Bonchev–Trinajstić information content (AvgIpc) is 3.21. The minimum atomic E-state index is -0.554. The number of imide groups is 1. The first-order chi connectivity index (χ1) is 17.0. The number of carbonyl (C=O) groups is 3. The van der Waals surface area contributed by atoms with E-state index in [1.54, 1.807) is 4.90 Å². The summed E-state index contributed by atoms with van der Waals surface area (Å²) in [6, 6.07) is 21.4. The molecule has 3 atom stereocenters. The number of nitrogens with zero attached hydrogens (tertiary/aromatic N) is 3. The molecule has 0 bridgehead atoms. The van der Waals surface area contributed by atoms with Crippen LogP contribution < -0.4 is 10.7 Å². The summed E-state index contributed by atoms with van der Waals surface area (Å²) >= 11 is 0. The van der Waals surface area contributed by atoms with Crippen LogP contribution in [0.5, 0.6) is 0 Å². The fraction of sp³-hybridized carbons (Fsp3) is 0.296. The molecule has 2 heterocycles. The Morgan fingerprint density at radius 2 is 1.69 bits per heavy atom. The molecule has 0 aliphatic carbocycles. The fourth-order valence-electron chi connectivity index (χ4n) is 5.18. The second-order valence-corrected chi connectivity index (χ2v) is 9.03. The molecule has 2 aliphatic heterocycles. The Hall–Kier alpha value is -3.75. The summed E-state index contributed by atoms with van der Waals surface area (Å²) < 4.78 is 0. The number of fused-ring (bicyclic) bond motifs is 2. The van der Waals surface area contributed by atoms with Gasteiger partial charge in [0.05, 0.1) is 12.6 Å². The number of hydrazine groups is 1. The Bertz CT molecular complexity index is 1260. The molecule has 0 aromatic heterocycles. The first kappa shape index (κ1) is 23.0. The van der Waals surface area contributed by atoms with E-state index in [4.69, 9.17) is 0 Å². The molecule has 5 rings (SSSR count). The van der Waals surface area contributed by atoms with Crippen molar-refractivity contribution in [3.8, 4) is 0 Å². The lowest BCUT2D eigenvalue weighted by Crippen LogP contribution is -2.67. The molecule has 3 unspecified atom stereocenters. The van der Waals surface area contributed by atoms with Crippen LogP contribution in [-0.4, -0.2) is 63.9 Å². The molecule has 0 radical (unpaired) electrons. The van der Waals surface area contributed by atoms with E-state index in [-0.39, 0.29) is 30.9 Å². The van der Waals surface area contributed by atoms with E-state index in [1.807, 2.05) is 91.7 Å². The van der Waals surface area contributed by atoms with Gasteiger partial charge in [-0.05, 0) is 23.9 Å². The van der Waals surface area contributed by atoms with E-state index >= 15 is 0 Å². The maximum Gasteiger partial charge on any atom is 0.327 e. The average molecular weight is 472 g/mol. The Labute approximate surface area is 204 Å². The number of hydrogen-bond donors (Lipinski definition) is 2. The van der Waals surface area contributed by atoms with Crippen molar-refractivity contribution >= 4 is 34.3 Å². The first-order valence-electron chi connectivity index (χ1n) is 11.9. The van der Waals surface area contributed by atoms with Gasteiger partial charge in [0.25, 0.3) is 5.91 Å². The minimum Gasteiger partial charge on any atom is -0.324 e. The van der Waals surface area contributed by atoms with E-state index in [0.717, 1.165) is 16.3 Å². The summed E-state index contributed by atoms with van der Waals surface area (Å²) in [7, 11) is 0. The Morgan fingerprint density at radius 3 is 2.46 bits per heavy atom. The number of anilines is 1. The van der Waals surface area contributed by atoms with Gasteiger partial charge >= 0.3 is 6.03 Å². The van der Waals surface area contributed by atoms with Crippen LogP contribution in [0.15, 0.2) is 72.8 Å². The SMILES string of the molecule is CCN1NC(C)C2C1C(=O)N(Cc1ccccc1)C(=O)N2CC(=O)Nc1cccc2ccccc12. The number of hydrogen-bond acceptors (Lipinski definition) is 5. The highest BCUT2D eigenvalue weighted by atomic mass is 16.2. The van der Waals surface area contributed by atoms with Crippen molar-refractivity contribution in [3.05, 3.63) is 78.4 Å². The molecule has 3 aromatic rings. The van der Waals surface area contributed by atoms with Gasteiger partial charge in [-0.2, -0.15) is 0 Å². The van der Waals surface area contributed by atoms with Crippen molar-refractivity contribution in [2.75, 3.05) is 18.4 Å². The van der Waals surface area contributed by atoms with Crippen LogP contribution in [0, 0.1) is 0 Å². The molecule has 2 fully saturated rings. The highest BCUT2D eigenvalue weighted by Crippen LogP contribution is 2.30. The highest BCUT2D eigenvalue weighted by molar-refractivity contribution is 6.05. The maximum absolute atomic E-state index is 13.6. The van der Waals surface area contributed by atoms with Crippen LogP contribution >= 0.6 is 0 Å². The third kappa shape index (κ3) is 4.26. The van der Waals surface area contributed by atoms with E-state index < -0.39 is 18.1 Å². The predicted octanol–water partition coefficient (Wildman–Crippen LogP) is 3.21. The van der Waals surface area contributed by atoms with Crippen molar-refractivity contribution in [1.29, 1.82) is 0 Å². The maximum atomic E-state index is 13.6. The van der Waals surface area contributed by atoms with Crippen LogP contribution in [-0.2, 0) is 16.1 Å². The molecule has 0 saturated carbocycles. The minimum absolute atomic E-state index is 0.147. The number of amides is 4. The van der Waals surface area contributed by atoms with Crippen molar-refractivity contribution < 1.29 is 14.4 Å². The zero-order valence-corrected chi connectivity index (χ0v) is 19.8. The highest BCUT2D eigenvalue weighted by Gasteiger charge is 2.54. The van der Waals surface area contributed by atoms with Crippen molar-refractivity contribution in [2.45, 2.75) is 38.5 Å². The molecule has 2 aliphatic rings. The molecular weight excluding hydrogens is 442 g/mol. The summed E-state index contributed by atoms with van der Waals surface area (Å²) in [6.07, 6.45) is 0. The smallest absolute Gasteiger partial charge is 0.324 e. The largest absolute Gasteiger partial charge is 0.327 e. The Kier molecular flexibility index (Phi) is 6.23. The summed E-state index contributed by atoms with van der Waals surface area (Å²) in [5, 5.41) is 6.80. The second kappa shape index (κ2) is 9.48. The van der Waals surface area contributed by atoms with Crippen LogP contribution in [0.25, 0.3) is 10.8 Å². The van der Waals surface area contributed by atoms with Crippen molar-refractivity contribution in [1.82, 2.24) is 20.2 Å². The number of rotatable bonds is 6. The molecule has 3 aromatic carbocycles. The number of likely N-dealkylation sites (N-methyl/N-ethyl adjacent to an activating group) is 1. The van der Waals surface area contributed by atoms with Gasteiger partial charge in [0.1, 0.15) is 12.6 Å². The fourth-order valence-corrected chi connectivity index (χ4v) is 5.18. The molecule has 8 heteroatoms. The van der Waals surface area contributed by atoms with Crippen LogP contribution in [0.1, 0.15) is 19.4 Å². The molecule has 35 heavy (non-hydrogen) atoms. The number of urea groups is 1. The molecular formula is C27H29N5O3. The lowest BCUT2D eigenvalue weighted by atomic mass is 9.97. The van der Waals surface area contributed by atoms with Gasteiger partial charge in [0, 0.05) is 23.7 Å². The van der Waals surface area contributed by atoms with E-state index in [9.17, 15) is 14.4 Å². The normalized spacial score (nSPS) is 22.5. The van der Waals surface area contributed by atoms with Crippen LogP contribution in [0.4, 0.5) is 10.5 Å². The predicted molar refractivity (Wildman–Crippen MR) is 134 cm³/mol. The molecule has 180 valence electrons. The van der Waals surface area contributed by atoms with Crippen LogP contribution in [0.2, 0.25) is 0 Å². The zero-order chi connectivity index (χ0) is 24.5. The Balaban J connectivity index is 1.43. The molecule has 8 nitrogen and oxygen atoms in total. The summed E-state index contributed by atoms with van der Waals surface area (Å²) in [5.41, 5.74) is 4.87. The van der Waals surface area contributed by atoms with Gasteiger partial charge < -0.3 is 10.2 Å². The van der Waals surface area contributed by atoms with E-state index in [0.29, 0.717) is 12.2 Å². The quantitative estimate of drug-likeness (QED) is 0.577. The number of nitrogens with one attached hydrogen (secondary N) is 2. The van der Waals surface area contributed by atoms with Gasteiger partial charge in [-0.15, -0.1) is 0 Å². The summed E-state index contributed by atoms with van der Waals surface area (Å²) in [5.74, 6) is -0.544. The molecule has 2 saturated heterocycles. The third-order valence-electron chi connectivity index (χ3n) is 6.80. The Morgan fingerprint density at radius 1 is 0.971 bits per heavy atom. The van der Waals surface area contributed by atoms with Gasteiger partial charge in [-0.25, -0.2) is 15.2 Å². The summed E-state index contributed by atoms with van der Waals surface area (Å²) in [6.45, 7) is 4.52. The lowest BCUT2D eigenvalue weighted by molar-refractivity contribution is -0.140. The topological polar surface area (TPSA) is 85.0 Å². The van der Waals surface area contributed by atoms with E-state index in [1.165, 1.54) is 4.90 Å². The van der Waals surface area contributed by atoms with Crippen molar-refractivity contribution in [3.63, 3.8) is 0 Å². The van der Waals surface area contributed by atoms with Gasteiger partial charge in [0.2, 0.25) is 5.91 Å². The molecule has 0 spiro atoms. The van der Waals surface area contributed by atoms with Crippen molar-refractivity contribution in [2.24, 2.45) is 0 Å².